The highest BCUT2D eigenvalue weighted by Gasteiger charge is 2.34. The molecule has 0 bridgehead atoms. The fraction of sp³-hybridized carbons (Fsp3) is 0.0417. The van der Waals surface area contributed by atoms with Crippen molar-refractivity contribution in [1.29, 1.82) is 0 Å². The number of allylic oxidation sites excluding steroid dienone is 1. The zero-order valence-corrected chi connectivity index (χ0v) is 16.1. The maximum atomic E-state index is 13.1. The zero-order chi connectivity index (χ0) is 20.7. The average molecular weight is 395 g/mol. The molecule has 0 atom stereocenters. The molecular weight excluding hydrogens is 378 g/mol. The maximum Gasteiger partial charge on any atom is 0.201 e. The van der Waals surface area contributed by atoms with Crippen molar-refractivity contribution in [2.24, 2.45) is 0 Å². The van der Waals surface area contributed by atoms with E-state index in [1.807, 2.05) is 54.6 Å². The molecule has 1 aromatic heterocycles. The summed E-state index contributed by atoms with van der Waals surface area (Å²) in [7, 11) is 1.60. The number of aliphatic hydroxyl groups excluding tert-OH is 1. The van der Waals surface area contributed by atoms with Crippen molar-refractivity contribution in [1.82, 2.24) is 14.8 Å². The van der Waals surface area contributed by atoms with Crippen LogP contribution in [0.1, 0.15) is 21.7 Å². The van der Waals surface area contributed by atoms with E-state index in [9.17, 15) is 9.90 Å². The summed E-state index contributed by atoms with van der Waals surface area (Å²) < 4.78 is 7.05. The number of aromatic nitrogens is 3. The van der Waals surface area contributed by atoms with E-state index in [0.29, 0.717) is 22.7 Å². The molecule has 1 aliphatic rings. The van der Waals surface area contributed by atoms with Gasteiger partial charge in [0, 0.05) is 22.4 Å². The summed E-state index contributed by atoms with van der Waals surface area (Å²) in [5.74, 6) is 1.21. The minimum Gasteiger partial charge on any atom is -0.506 e. The van der Waals surface area contributed by atoms with Crippen molar-refractivity contribution in [3.8, 4) is 22.8 Å². The van der Waals surface area contributed by atoms with Crippen LogP contribution in [-0.4, -0.2) is 32.8 Å². The number of hydrogen-bond acceptors (Lipinski definition) is 5. The molecule has 4 aromatic rings. The quantitative estimate of drug-likeness (QED) is 0.548. The van der Waals surface area contributed by atoms with Gasteiger partial charge in [0.1, 0.15) is 17.1 Å². The Morgan fingerprint density at radius 1 is 0.800 bits per heavy atom. The van der Waals surface area contributed by atoms with Gasteiger partial charge in [-0.2, -0.15) is 0 Å². The Labute approximate surface area is 172 Å². The lowest BCUT2D eigenvalue weighted by Gasteiger charge is -2.12. The Hall–Kier alpha value is -4.19. The number of rotatable bonds is 4. The fourth-order valence-electron chi connectivity index (χ4n) is 3.67. The van der Waals surface area contributed by atoms with Crippen LogP contribution in [0.4, 0.5) is 0 Å². The molecule has 1 N–H and O–H groups in total. The number of carbonyl (C=O) groups excluding carboxylic acids is 1. The number of benzene rings is 3. The number of fused-ring (bicyclic) bond motifs is 1. The van der Waals surface area contributed by atoms with Crippen molar-refractivity contribution < 1.29 is 14.6 Å². The summed E-state index contributed by atoms with van der Waals surface area (Å²) in [6, 6.07) is 24.0. The van der Waals surface area contributed by atoms with Crippen LogP contribution < -0.4 is 4.74 Å². The first-order valence-corrected chi connectivity index (χ1v) is 9.42. The van der Waals surface area contributed by atoms with E-state index in [2.05, 4.69) is 10.2 Å². The fourth-order valence-corrected chi connectivity index (χ4v) is 3.67. The number of Topliss-reactive ketones (excluding diaryl/α,β-unsaturated/α-hetero) is 1. The third-order valence-electron chi connectivity index (χ3n) is 5.14. The zero-order valence-electron chi connectivity index (χ0n) is 16.1. The first-order valence-electron chi connectivity index (χ1n) is 9.42. The van der Waals surface area contributed by atoms with E-state index in [1.54, 1.807) is 35.9 Å². The van der Waals surface area contributed by atoms with Crippen molar-refractivity contribution in [2.75, 3.05) is 7.11 Å². The smallest absolute Gasteiger partial charge is 0.201 e. The molecule has 1 aliphatic carbocycles. The van der Waals surface area contributed by atoms with Crippen molar-refractivity contribution in [3.63, 3.8) is 0 Å². The monoisotopic (exact) mass is 395 g/mol. The molecule has 0 spiro atoms. The lowest BCUT2D eigenvalue weighted by molar-refractivity contribution is 0.105. The first-order chi connectivity index (χ1) is 14.7. The molecule has 0 unspecified atom stereocenters. The first kappa shape index (κ1) is 17.9. The van der Waals surface area contributed by atoms with Crippen molar-refractivity contribution in [2.45, 2.75) is 0 Å². The van der Waals surface area contributed by atoms with E-state index in [-0.39, 0.29) is 22.9 Å². The Morgan fingerprint density at radius 2 is 1.43 bits per heavy atom. The number of methoxy groups -OCH3 is 1. The largest absolute Gasteiger partial charge is 0.506 e. The van der Waals surface area contributed by atoms with Crippen LogP contribution in [0, 0.1) is 0 Å². The minimum absolute atomic E-state index is 0.0858. The molecule has 0 aliphatic heterocycles. The number of hydrogen-bond donors (Lipinski definition) is 1. The molecule has 0 saturated carbocycles. The van der Waals surface area contributed by atoms with Gasteiger partial charge in [0.15, 0.2) is 11.6 Å². The molecule has 30 heavy (non-hydrogen) atoms. The van der Waals surface area contributed by atoms with Crippen LogP contribution >= 0.6 is 0 Å². The Kier molecular flexibility index (Phi) is 4.17. The van der Waals surface area contributed by atoms with Gasteiger partial charge in [-0.15, -0.1) is 10.2 Å². The summed E-state index contributed by atoms with van der Waals surface area (Å²) in [6.07, 6.45) is 0. The molecule has 0 fully saturated rings. The molecule has 6 nitrogen and oxygen atoms in total. The molecule has 0 amide bonds. The van der Waals surface area contributed by atoms with Gasteiger partial charge in [0.25, 0.3) is 0 Å². The lowest BCUT2D eigenvalue weighted by atomic mass is 10.1. The number of carbonyl (C=O) groups is 1. The van der Waals surface area contributed by atoms with Gasteiger partial charge in [-0.05, 0) is 24.3 Å². The Bertz CT molecular complexity index is 1290. The maximum absolute atomic E-state index is 13.1. The highest BCUT2D eigenvalue weighted by atomic mass is 16.5. The molecular formula is C24H17N3O3. The van der Waals surface area contributed by atoms with Gasteiger partial charge in [0.05, 0.1) is 7.11 Å². The van der Waals surface area contributed by atoms with Gasteiger partial charge >= 0.3 is 0 Å². The standard InChI is InChI=1S/C24H17N3O3/c1-30-17-13-11-16(12-14-17)27-23(15-7-3-2-4-8-15)25-26-24(27)20-21(28)18-9-5-6-10-19(18)22(20)29/h2-14,28H,1H3. The summed E-state index contributed by atoms with van der Waals surface area (Å²) in [4.78, 5) is 13.1. The van der Waals surface area contributed by atoms with Crippen LogP contribution in [0.25, 0.3) is 28.4 Å². The predicted molar refractivity (Wildman–Crippen MR) is 114 cm³/mol. The average Bonchev–Trinajstić information content (AvgIpc) is 3.34. The van der Waals surface area contributed by atoms with E-state index < -0.39 is 0 Å². The summed E-state index contributed by atoms with van der Waals surface area (Å²) in [5, 5.41) is 19.5. The van der Waals surface area contributed by atoms with Gasteiger partial charge < -0.3 is 9.84 Å². The van der Waals surface area contributed by atoms with Crippen molar-refractivity contribution in [3.05, 3.63) is 95.8 Å². The SMILES string of the molecule is COc1ccc(-n2c(C3=C(O)c4ccccc4C3=O)nnc2-c2ccccc2)cc1. The topological polar surface area (TPSA) is 77.2 Å². The Balaban J connectivity index is 1.75. The lowest BCUT2D eigenvalue weighted by Crippen LogP contribution is -2.07. The van der Waals surface area contributed by atoms with E-state index in [0.717, 1.165) is 11.3 Å². The van der Waals surface area contributed by atoms with Crippen LogP contribution in [-0.2, 0) is 0 Å². The second-order valence-corrected chi connectivity index (χ2v) is 6.84. The van der Waals surface area contributed by atoms with Crippen molar-refractivity contribution >= 4 is 17.1 Å². The van der Waals surface area contributed by atoms with E-state index in [4.69, 9.17) is 4.74 Å². The van der Waals surface area contributed by atoms with Gasteiger partial charge in [0.2, 0.25) is 5.78 Å². The molecule has 146 valence electrons. The molecule has 0 saturated heterocycles. The second kappa shape index (κ2) is 7.00. The minimum atomic E-state index is -0.273. The molecule has 5 rings (SSSR count). The normalized spacial score (nSPS) is 12.9. The molecule has 6 heteroatoms. The number of ether oxygens (including phenoxy) is 1. The van der Waals surface area contributed by atoms with Gasteiger partial charge in [-0.1, -0.05) is 54.6 Å². The van der Waals surface area contributed by atoms with Gasteiger partial charge in [-0.3, -0.25) is 9.36 Å². The van der Waals surface area contributed by atoms with Crippen LogP contribution in [0.5, 0.6) is 5.75 Å². The third-order valence-corrected chi connectivity index (χ3v) is 5.14. The molecule has 1 heterocycles. The van der Waals surface area contributed by atoms with E-state index >= 15 is 0 Å². The Morgan fingerprint density at radius 3 is 2.10 bits per heavy atom. The highest BCUT2D eigenvalue weighted by Crippen LogP contribution is 2.38. The predicted octanol–water partition coefficient (Wildman–Crippen LogP) is 4.57. The number of nitrogens with zero attached hydrogens (tertiary/aromatic N) is 3. The highest BCUT2D eigenvalue weighted by molar-refractivity contribution is 6.38. The van der Waals surface area contributed by atoms with E-state index in [1.165, 1.54) is 0 Å². The number of ketones is 1. The summed E-state index contributed by atoms with van der Waals surface area (Å²) in [5.41, 5.74) is 2.69. The second-order valence-electron chi connectivity index (χ2n) is 6.84. The van der Waals surface area contributed by atoms with Gasteiger partial charge in [-0.25, -0.2) is 0 Å². The third kappa shape index (κ3) is 2.69. The molecule has 0 radical (unpaired) electrons. The summed E-state index contributed by atoms with van der Waals surface area (Å²) in [6.45, 7) is 0. The van der Waals surface area contributed by atoms with Crippen LogP contribution in [0.3, 0.4) is 0 Å². The summed E-state index contributed by atoms with van der Waals surface area (Å²) >= 11 is 0. The van der Waals surface area contributed by atoms with Crippen LogP contribution in [0.15, 0.2) is 78.9 Å². The van der Waals surface area contributed by atoms with Crippen LogP contribution in [0.2, 0.25) is 0 Å². The molecule has 3 aromatic carbocycles. The number of aliphatic hydroxyl groups is 1.